The maximum atomic E-state index is 12.5. The number of carbonyl (C=O) groups is 1. The Morgan fingerprint density at radius 3 is 2.59 bits per heavy atom. The molecular weight excluding hydrogens is 384 g/mol. The summed E-state index contributed by atoms with van der Waals surface area (Å²) in [7, 11) is 5.68. The van der Waals surface area contributed by atoms with Crippen molar-refractivity contribution in [3.8, 4) is 5.75 Å². The minimum absolute atomic E-state index is 0.00470. The van der Waals surface area contributed by atoms with E-state index in [4.69, 9.17) is 4.74 Å². The van der Waals surface area contributed by atoms with Gasteiger partial charge < -0.3 is 19.5 Å². The molecule has 29 heavy (non-hydrogen) atoms. The van der Waals surface area contributed by atoms with Crippen LogP contribution < -0.4 is 10.1 Å². The van der Waals surface area contributed by atoms with Crippen LogP contribution in [0.2, 0.25) is 0 Å². The van der Waals surface area contributed by atoms with Gasteiger partial charge in [0.1, 0.15) is 5.75 Å². The van der Waals surface area contributed by atoms with Gasteiger partial charge in [-0.15, -0.1) is 0 Å². The molecule has 0 radical (unpaired) electrons. The summed E-state index contributed by atoms with van der Waals surface area (Å²) in [5.74, 6) is 1.17. The molecule has 1 N–H and O–H groups in total. The van der Waals surface area contributed by atoms with E-state index >= 15 is 0 Å². The molecule has 0 fully saturated rings. The maximum absolute atomic E-state index is 12.5. The van der Waals surface area contributed by atoms with E-state index in [1.54, 1.807) is 7.11 Å². The molecule has 0 bridgehead atoms. The lowest BCUT2D eigenvalue weighted by Gasteiger charge is -2.25. The molecule has 2 aromatic carbocycles. The molecule has 0 saturated heterocycles. The van der Waals surface area contributed by atoms with Crippen molar-refractivity contribution in [1.29, 1.82) is 0 Å². The Bertz CT molecular complexity index is 953. The lowest BCUT2D eigenvalue weighted by atomic mass is 10.1. The van der Waals surface area contributed by atoms with Crippen LogP contribution in [0.5, 0.6) is 5.75 Å². The van der Waals surface area contributed by atoms with Gasteiger partial charge in [0, 0.05) is 13.1 Å². The van der Waals surface area contributed by atoms with Crippen molar-refractivity contribution in [2.45, 2.75) is 24.7 Å². The maximum Gasteiger partial charge on any atom is 0.230 e. The average molecular weight is 413 g/mol. The second-order valence-electron chi connectivity index (χ2n) is 6.97. The first-order valence-corrected chi connectivity index (χ1v) is 10.7. The first-order valence-electron chi connectivity index (χ1n) is 9.68. The number of nitrogens with zero attached hydrogens (tertiary/aromatic N) is 3. The molecule has 3 aromatic rings. The number of aryl methyl sites for hydroxylation is 1. The van der Waals surface area contributed by atoms with Crippen molar-refractivity contribution >= 4 is 28.7 Å². The van der Waals surface area contributed by atoms with E-state index < -0.39 is 0 Å². The van der Waals surface area contributed by atoms with Gasteiger partial charge in [-0.2, -0.15) is 0 Å². The van der Waals surface area contributed by atoms with E-state index in [0.29, 0.717) is 12.3 Å². The Morgan fingerprint density at radius 1 is 1.21 bits per heavy atom. The zero-order valence-corrected chi connectivity index (χ0v) is 18.2. The van der Waals surface area contributed by atoms with Crippen LogP contribution in [0.15, 0.2) is 53.7 Å². The molecule has 0 spiro atoms. The third-order valence-corrected chi connectivity index (χ3v) is 5.86. The number of ether oxygens (including phenoxy) is 1. The minimum Gasteiger partial charge on any atom is -0.497 e. The van der Waals surface area contributed by atoms with Crippen LogP contribution in [0.4, 0.5) is 0 Å². The lowest BCUT2D eigenvalue weighted by Crippen LogP contribution is -2.35. The van der Waals surface area contributed by atoms with Crippen molar-refractivity contribution < 1.29 is 9.53 Å². The summed E-state index contributed by atoms with van der Waals surface area (Å²) in [6.07, 6.45) is 0. The number of amides is 1. The molecule has 0 saturated carbocycles. The van der Waals surface area contributed by atoms with Crippen molar-refractivity contribution in [1.82, 2.24) is 19.8 Å². The summed E-state index contributed by atoms with van der Waals surface area (Å²) in [6.45, 7) is 3.46. The van der Waals surface area contributed by atoms with Gasteiger partial charge in [-0.3, -0.25) is 4.79 Å². The van der Waals surface area contributed by atoms with E-state index in [2.05, 4.69) is 32.8 Å². The molecule has 1 aromatic heterocycles. The molecule has 1 atom stereocenters. The summed E-state index contributed by atoms with van der Waals surface area (Å²) in [5, 5.41) is 3.94. The number of hydrogen-bond donors (Lipinski definition) is 1. The molecular formula is C22H28N4O2S. The zero-order valence-electron chi connectivity index (χ0n) is 17.4. The third-order valence-electron chi connectivity index (χ3n) is 4.88. The number of aromatic nitrogens is 2. The average Bonchev–Trinajstić information content (AvgIpc) is 3.10. The number of likely N-dealkylation sites (N-methyl/N-ethyl adjacent to an activating group) is 1. The second-order valence-corrected chi connectivity index (χ2v) is 7.92. The van der Waals surface area contributed by atoms with Crippen LogP contribution in [0, 0.1) is 0 Å². The summed E-state index contributed by atoms with van der Waals surface area (Å²) in [6, 6.07) is 16.1. The van der Waals surface area contributed by atoms with Crippen molar-refractivity contribution in [3.63, 3.8) is 0 Å². The van der Waals surface area contributed by atoms with Gasteiger partial charge in [0.15, 0.2) is 5.16 Å². The highest BCUT2D eigenvalue weighted by atomic mass is 32.2. The highest BCUT2D eigenvalue weighted by Gasteiger charge is 2.16. The van der Waals surface area contributed by atoms with Crippen LogP contribution in [-0.2, 0) is 11.3 Å². The summed E-state index contributed by atoms with van der Waals surface area (Å²) < 4.78 is 7.37. The molecule has 1 unspecified atom stereocenters. The highest BCUT2D eigenvalue weighted by molar-refractivity contribution is 7.99. The number of hydrogen-bond acceptors (Lipinski definition) is 5. The molecule has 0 aliphatic rings. The molecule has 7 heteroatoms. The fraction of sp³-hybridized carbons (Fsp3) is 0.364. The molecule has 6 nitrogen and oxygen atoms in total. The predicted octanol–water partition coefficient (Wildman–Crippen LogP) is 3.58. The topological polar surface area (TPSA) is 59.4 Å². The highest BCUT2D eigenvalue weighted by Crippen LogP contribution is 2.24. The Morgan fingerprint density at radius 2 is 1.93 bits per heavy atom. The van der Waals surface area contributed by atoms with Gasteiger partial charge in [-0.1, -0.05) is 36.0 Å². The predicted molar refractivity (Wildman–Crippen MR) is 119 cm³/mol. The summed E-state index contributed by atoms with van der Waals surface area (Å²) in [5.41, 5.74) is 3.20. The number of benzene rings is 2. The smallest absolute Gasteiger partial charge is 0.230 e. The van der Waals surface area contributed by atoms with E-state index in [1.165, 1.54) is 11.8 Å². The SMILES string of the molecule is CCn1c(SCC(=O)NCC(c2ccc(OC)cc2)N(C)C)nc2ccccc21. The fourth-order valence-electron chi connectivity index (χ4n) is 3.29. The molecule has 1 amide bonds. The molecule has 3 rings (SSSR count). The molecule has 154 valence electrons. The van der Waals surface area contributed by atoms with Gasteiger partial charge in [0.25, 0.3) is 0 Å². The van der Waals surface area contributed by atoms with Gasteiger partial charge in [-0.25, -0.2) is 4.98 Å². The second kappa shape index (κ2) is 9.80. The van der Waals surface area contributed by atoms with Crippen LogP contribution >= 0.6 is 11.8 Å². The van der Waals surface area contributed by atoms with E-state index in [0.717, 1.165) is 34.0 Å². The van der Waals surface area contributed by atoms with Gasteiger partial charge in [0.05, 0.1) is 29.9 Å². The lowest BCUT2D eigenvalue weighted by molar-refractivity contribution is -0.118. The quantitative estimate of drug-likeness (QED) is 0.545. The van der Waals surface area contributed by atoms with E-state index in [1.807, 2.05) is 56.6 Å². The number of rotatable bonds is 9. The molecule has 0 aliphatic carbocycles. The van der Waals surface area contributed by atoms with Crippen molar-refractivity contribution in [2.24, 2.45) is 0 Å². The van der Waals surface area contributed by atoms with Crippen LogP contribution in [0.3, 0.4) is 0 Å². The van der Waals surface area contributed by atoms with Crippen molar-refractivity contribution in [3.05, 3.63) is 54.1 Å². The monoisotopic (exact) mass is 412 g/mol. The normalized spacial score (nSPS) is 12.3. The minimum atomic E-state index is 0.00470. The van der Waals surface area contributed by atoms with Gasteiger partial charge >= 0.3 is 0 Å². The largest absolute Gasteiger partial charge is 0.497 e. The first kappa shape index (κ1) is 21.2. The van der Waals surface area contributed by atoms with Crippen LogP contribution in [0.25, 0.3) is 11.0 Å². The number of carbonyl (C=O) groups excluding carboxylic acids is 1. The Kier molecular flexibility index (Phi) is 7.17. The summed E-state index contributed by atoms with van der Waals surface area (Å²) in [4.78, 5) is 19.3. The van der Waals surface area contributed by atoms with Crippen LogP contribution in [0.1, 0.15) is 18.5 Å². The number of para-hydroxylation sites is 2. The molecule has 1 heterocycles. The Labute approximate surface area is 176 Å². The first-order chi connectivity index (χ1) is 14.0. The third kappa shape index (κ3) is 5.10. The standard InChI is InChI=1S/C22H28N4O2S/c1-5-26-19-9-7-6-8-18(19)24-22(26)29-15-21(27)23-14-20(25(2)3)16-10-12-17(28-4)13-11-16/h6-13,20H,5,14-15H2,1-4H3,(H,23,27). The number of fused-ring (bicyclic) bond motifs is 1. The number of nitrogens with one attached hydrogen (secondary N) is 1. The zero-order chi connectivity index (χ0) is 20.8. The number of methoxy groups -OCH3 is 1. The van der Waals surface area contributed by atoms with Gasteiger partial charge in [-0.05, 0) is 50.8 Å². The van der Waals surface area contributed by atoms with Gasteiger partial charge in [0.2, 0.25) is 5.91 Å². The van der Waals surface area contributed by atoms with E-state index in [9.17, 15) is 4.79 Å². The van der Waals surface area contributed by atoms with Crippen molar-refractivity contribution in [2.75, 3.05) is 33.5 Å². The molecule has 0 aliphatic heterocycles. The Hall–Kier alpha value is -2.51. The van der Waals surface area contributed by atoms with Crippen LogP contribution in [-0.4, -0.2) is 53.9 Å². The summed E-state index contributed by atoms with van der Waals surface area (Å²) >= 11 is 1.48. The van der Waals surface area contributed by atoms with E-state index in [-0.39, 0.29) is 11.9 Å². The fourth-order valence-corrected chi connectivity index (χ4v) is 4.19. The Balaban J connectivity index is 1.60. The number of thioether (sulfide) groups is 1. The number of imidazole rings is 1.